The number of carbonyl (C=O) groups is 2. The first-order valence-electron chi connectivity index (χ1n) is 13.6. The number of carbonyl (C=O) groups excluding carboxylic acids is 2. The van der Waals surface area contributed by atoms with E-state index in [1.807, 2.05) is 6.20 Å². The number of halogens is 4. The number of nitrogens with two attached hydrogens (primary N) is 1. The van der Waals surface area contributed by atoms with E-state index in [1.165, 1.54) is 6.33 Å². The number of rotatable bonds is 7. The van der Waals surface area contributed by atoms with Crippen LogP contribution in [0.5, 0.6) is 0 Å². The fourth-order valence-corrected chi connectivity index (χ4v) is 5.15. The number of hydrogen-bond donors (Lipinski definition) is 2. The first-order valence-corrected chi connectivity index (χ1v) is 13.6. The smallest absolute Gasteiger partial charge is 0.195 e. The summed E-state index contributed by atoms with van der Waals surface area (Å²) in [5.74, 6) is -2.23. The highest BCUT2D eigenvalue weighted by atomic mass is 19.1. The van der Waals surface area contributed by atoms with E-state index in [2.05, 4.69) is 19.9 Å². The lowest BCUT2D eigenvalue weighted by molar-refractivity contribution is 0.103. The normalized spacial score (nSPS) is 13.0. The summed E-state index contributed by atoms with van der Waals surface area (Å²) < 4.78 is 54.0. The number of anilines is 2. The molecule has 7 nitrogen and oxygen atoms in total. The Kier molecular flexibility index (Phi) is 8.79. The molecule has 2 aromatic heterocycles. The Morgan fingerprint density at radius 3 is 2.40 bits per heavy atom. The average molecular weight is 590 g/mol. The number of nitrogens with one attached hydrogen (secondary N) is 1. The van der Waals surface area contributed by atoms with Crippen LogP contribution in [0.4, 0.5) is 29.1 Å². The number of fused-ring (bicyclic) bond motifs is 1. The van der Waals surface area contributed by atoms with Crippen molar-refractivity contribution in [1.82, 2.24) is 14.5 Å². The minimum atomic E-state index is -0.698. The van der Waals surface area contributed by atoms with Gasteiger partial charge in [0, 0.05) is 35.6 Å². The van der Waals surface area contributed by atoms with Gasteiger partial charge in [-0.3, -0.25) is 9.59 Å². The van der Waals surface area contributed by atoms with E-state index >= 15 is 0 Å². The molecule has 3 aromatic carbocycles. The molecule has 0 spiro atoms. The molecule has 1 aliphatic carbocycles. The van der Waals surface area contributed by atoms with Gasteiger partial charge in [-0.25, -0.2) is 27.5 Å². The van der Waals surface area contributed by atoms with Gasteiger partial charge >= 0.3 is 0 Å². The highest BCUT2D eigenvalue weighted by Crippen LogP contribution is 2.35. The van der Waals surface area contributed by atoms with Crippen molar-refractivity contribution >= 4 is 34.6 Å². The summed E-state index contributed by atoms with van der Waals surface area (Å²) in [5.41, 5.74) is 8.32. The van der Waals surface area contributed by atoms with E-state index in [1.54, 1.807) is 24.3 Å². The van der Waals surface area contributed by atoms with Crippen molar-refractivity contribution in [2.75, 3.05) is 11.1 Å². The van der Waals surface area contributed by atoms with Crippen molar-refractivity contribution in [1.29, 1.82) is 0 Å². The number of nitrogens with zero attached hydrogens (tertiary/aromatic N) is 3. The van der Waals surface area contributed by atoms with E-state index in [9.17, 15) is 27.2 Å². The highest BCUT2D eigenvalue weighted by Gasteiger charge is 2.25. The van der Waals surface area contributed by atoms with Crippen LogP contribution in [0.1, 0.15) is 63.6 Å². The number of aromatic nitrogens is 3. The van der Waals surface area contributed by atoms with Gasteiger partial charge in [0.25, 0.3) is 0 Å². The fraction of sp³-hybridized carbons (Fsp3) is 0.188. The molecule has 5 aromatic rings. The summed E-state index contributed by atoms with van der Waals surface area (Å²) in [5, 5.41) is 3.63. The molecule has 0 unspecified atom stereocenters. The lowest BCUT2D eigenvalue weighted by atomic mass is 10.0. The summed E-state index contributed by atoms with van der Waals surface area (Å²) in [4.78, 5) is 32.0. The molecule has 1 fully saturated rings. The molecule has 1 saturated carbocycles. The van der Waals surface area contributed by atoms with Gasteiger partial charge in [-0.1, -0.05) is 25.0 Å². The summed E-state index contributed by atoms with van der Waals surface area (Å²) in [6.07, 6.45) is 7.92. The third-order valence-corrected chi connectivity index (χ3v) is 7.30. The van der Waals surface area contributed by atoms with Crippen molar-refractivity contribution < 1.29 is 27.2 Å². The predicted molar refractivity (Wildman–Crippen MR) is 155 cm³/mol. The van der Waals surface area contributed by atoms with E-state index in [-0.39, 0.29) is 41.6 Å². The Hall–Kier alpha value is -5.06. The number of nitrogen functional groups attached to an aromatic ring is 1. The molecular formula is C32H27F4N5O2. The topological polar surface area (TPSA) is 103 Å². The molecular weight excluding hydrogens is 562 g/mol. The van der Waals surface area contributed by atoms with Crippen molar-refractivity contribution in [2.45, 2.75) is 38.3 Å². The zero-order chi connectivity index (χ0) is 30.5. The van der Waals surface area contributed by atoms with Crippen LogP contribution in [0.2, 0.25) is 0 Å². The quantitative estimate of drug-likeness (QED) is 0.120. The maximum Gasteiger partial charge on any atom is 0.195 e. The maximum atomic E-state index is 13.9. The molecule has 2 heterocycles. The van der Waals surface area contributed by atoms with Crippen LogP contribution in [0.15, 0.2) is 73.2 Å². The van der Waals surface area contributed by atoms with Gasteiger partial charge < -0.3 is 15.6 Å². The number of benzene rings is 3. The SMILES string of the molecule is Nc1ncnc2c1c(C(=O)c1cccc(NCc3cc(F)ccc3F)c1)cn2C1CCCC1.O=Cc1cc(F)ccc1F. The van der Waals surface area contributed by atoms with Gasteiger partial charge in [0.1, 0.15) is 41.1 Å². The number of hydrogen-bond acceptors (Lipinski definition) is 6. The van der Waals surface area contributed by atoms with Gasteiger partial charge in [0.2, 0.25) is 0 Å². The van der Waals surface area contributed by atoms with E-state index < -0.39 is 23.3 Å². The molecule has 0 saturated heterocycles. The average Bonchev–Trinajstić information content (AvgIpc) is 3.68. The maximum absolute atomic E-state index is 13.9. The number of ketones is 1. The summed E-state index contributed by atoms with van der Waals surface area (Å²) in [6, 6.07) is 13.3. The molecule has 0 amide bonds. The first kappa shape index (κ1) is 29.4. The minimum absolute atomic E-state index is 0.0863. The molecule has 1 aliphatic rings. The second-order valence-electron chi connectivity index (χ2n) is 10.1. The zero-order valence-electron chi connectivity index (χ0n) is 22.9. The lowest BCUT2D eigenvalue weighted by Crippen LogP contribution is -2.06. The largest absolute Gasteiger partial charge is 0.383 e. The van der Waals surface area contributed by atoms with Gasteiger partial charge in [-0.15, -0.1) is 0 Å². The van der Waals surface area contributed by atoms with E-state index in [4.69, 9.17) is 5.73 Å². The molecule has 0 atom stereocenters. The Balaban J connectivity index is 0.000000314. The second kappa shape index (κ2) is 12.8. The molecule has 11 heteroatoms. The van der Waals surface area contributed by atoms with Gasteiger partial charge in [0.15, 0.2) is 12.1 Å². The van der Waals surface area contributed by atoms with Gasteiger partial charge in [0.05, 0.1) is 16.5 Å². The monoisotopic (exact) mass is 589 g/mol. The first-order chi connectivity index (χ1) is 20.7. The Bertz CT molecular complexity index is 1800. The van der Waals surface area contributed by atoms with Crippen LogP contribution in [-0.2, 0) is 6.54 Å². The zero-order valence-corrected chi connectivity index (χ0v) is 22.9. The Labute approximate surface area is 244 Å². The van der Waals surface area contributed by atoms with Crippen molar-refractivity contribution in [2.24, 2.45) is 0 Å². The molecule has 0 bridgehead atoms. The predicted octanol–water partition coefficient (Wildman–Crippen LogP) is 7.03. The molecule has 0 radical (unpaired) electrons. The third kappa shape index (κ3) is 6.56. The molecule has 3 N–H and O–H groups in total. The van der Waals surface area contributed by atoms with Crippen LogP contribution < -0.4 is 11.1 Å². The highest BCUT2D eigenvalue weighted by molar-refractivity contribution is 6.18. The second-order valence-corrected chi connectivity index (χ2v) is 10.1. The lowest BCUT2D eigenvalue weighted by Gasteiger charge is -2.12. The summed E-state index contributed by atoms with van der Waals surface area (Å²) in [7, 11) is 0. The van der Waals surface area contributed by atoms with Crippen LogP contribution in [0, 0.1) is 23.3 Å². The van der Waals surface area contributed by atoms with Crippen LogP contribution in [0.25, 0.3) is 11.0 Å². The summed E-state index contributed by atoms with van der Waals surface area (Å²) >= 11 is 0. The Morgan fingerprint density at radius 1 is 0.953 bits per heavy atom. The van der Waals surface area contributed by atoms with Gasteiger partial charge in [-0.2, -0.15) is 0 Å². The Morgan fingerprint density at radius 2 is 1.67 bits per heavy atom. The van der Waals surface area contributed by atoms with Crippen molar-refractivity contribution in [3.05, 3.63) is 119 Å². The van der Waals surface area contributed by atoms with Crippen LogP contribution in [-0.4, -0.2) is 26.6 Å². The van der Waals surface area contributed by atoms with E-state index in [0.29, 0.717) is 27.8 Å². The molecule has 0 aliphatic heterocycles. The van der Waals surface area contributed by atoms with Gasteiger partial charge in [-0.05, 0) is 61.4 Å². The van der Waals surface area contributed by atoms with Crippen LogP contribution in [0.3, 0.4) is 0 Å². The summed E-state index contributed by atoms with van der Waals surface area (Å²) in [6.45, 7) is 0.0863. The molecule has 6 rings (SSSR count). The molecule has 43 heavy (non-hydrogen) atoms. The standard InChI is InChI=1S/C25H23F2N5O.C7H4F2O/c26-17-8-9-21(27)16(10-17)12-29-18-5-3-4-15(11-18)23(33)20-13-32(19-6-1-2-7-19)25-22(20)24(28)30-14-31-25;8-6-1-2-7(9)5(3-6)4-10/h3-5,8-11,13-14,19,29H,1-2,6-7,12H2,(H2,28,30,31);1-4H. The van der Waals surface area contributed by atoms with E-state index in [0.717, 1.165) is 62.1 Å². The fourth-order valence-electron chi connectivity index (χ4n) is 5.15. The minimum Gasteiger partial charge on any atom is -0.383 e. The van der Waals surface area contributed by atoms with Crippen LogP contribution >= 0.6 is 0 Å². The van der Waals surface area contributed by atoms with Crippen molar-refractivity contribution in [3.63, 3.8) is 0 Å². The third-order valence-electron chi connectivity index (χ3n) is 7.30. The number of aldehydes is 1. The molecule has 220 valence electrons. The van der Waals surface area contributed by atoms with Crippen molar-refractivity contribution in [3.8, 4) is 0 Å².